The number of carbonyl (C=O) groups excluding carboxylic acids is 1. The number of nitro groups is 1. The van der Waals surface area contributed by atoms with Crippen molar-refractivity contribution in [3.63, 3.8) is 0 Å². The van der Waals surface area contributed by atoms with Crippen molar-refractivity contribution in [3.8, 4) is 11.6 Å². The predicted octanol–water partition coefficient (Wildman–Crippen LogP) is 2.98. The molecule has 134 valence electrons. The zero-order valence-electron chi connectivity index (χ0n) is 14.3. The van der Waals surface area contributed by atoms with Gasteiger partial charge in [-0.15, -0.1) is 5.10 Å². The summed E-state index contributed by atoms with van der Waals surface area (Å²) in [6.45, 7) is 5.52. The third-order valence-electron chi connectivity index (χ3n) is 3.69. The Bertz CT molecular complexity index is 975. The first-order valence-electron chi connectivity index (χ1n) is 7.80. The Morgan fingerprint density at radius 3 is 2.77 bits per heavy atom. The van der Waals surface area contributed by atoms with E-state index < -0.39 is 10.8 Å². The maximum Gasteiger partial charge on any atom is 0.322 e. The van der Waals surface area contributed by atoms with Gasteiger partial charge in [0.05, 0.1) is 4.92 Å². The Labute approximate surface area is 148 Å². The van der Waals surface area contributed by atoms with Crippen LogP contribution in [0, 0.1) is 17.0 Å². The summed E-state index contributed by atoms with van der Waals surface area (Å²) in [4.78, 5) is 22.8. The van der Waals surface area contributed by atoms with Crippen LogP contribution in [0.15, 0.2) is 34.9 Å². The number of amides is 1. The maximum atomic E-state index is 12.3. The lowest BCUT2D eigenvalue weighted by Crippen LogP contribution is -2.12. The van der Waals surface area contributed by atoms with Crippen LogP contribution in [0.1, 0.15) is 35.8 Å². The third kappa shape index (κ3) is 3.29. The number of benzene rings is 1. The second-order valence-corrected chi connectivity index (χ2v) is 5.88. The highest BCUT2D eigenvalue weighted by molar-refractivity contribution is 6.03. The number of nitrogens with one attached hydrogen (secondary N) is 1. The van der Waals surface area contributed by atoms with Gasteiger partial charge in [-0.05, 0) is 32.9 Å². The zero-order chi connectivity index (χ0) is 18.8. The third-order valence-corrected chi connectivity index (χ3v) is 3.69. The number of hydrogen-bond donors (Lipinski definition) is 1. The summed E-state index contributed by atoms with van der Waals surface area (Å²) in [5.41, 5.74) is 1.08. The minimum atomic E-state index is -0.583. The number of aromatic nitrogens is 4. The molecule has 0 bridgehead atoms. The van der Waals surface area contributed by atoms with E-state index in [1.54, 1.807) is 23.9 Å². The van der Waals surface area contributed by atoms with Gasteiger partial charge >= 0.3 is 6.01 Å². The van der Waals surface area contributed by atoms with E-state index in [-0.39, 0.29) is 29.2 Å². The highest BCUT2D eigenvalue weighted by atomic mass is 16.6. The van der Waals surface area contributed by atoms with Crippen molar-refractivity contribution in [2.24, 2.45) is 0 Å². The summed E-state index contributed by atoms with van der Waals surface area (Å²) >= 11 is 0. The topological polar surface area (TPSA) is 129 Å². The molecule has 0 fully saturated rings. The van der Waals surface area contributed by atoms with Crippen molar-refractivity contribution in [1.82, 2.24) is 20.0 Å². The molecule has 0 atom stereocenters. The van der Waals surface area contributed by atoms with E-state index in [1.807, 2.05) is 13.8 Å². The monoisotopic (exact) mass is 356 g/mol. The summed E-state index contributed by atoms with van der Waals surface area (Å²) in [6, 6.07) is 5.91. The Balaban J connectivity index is 1.81. The lowest BCUT2D eigenvalue weighted by atomic mass is 10.1. The molecule has 0 unspecified atom stereocenters. The molecule has 1 aromatic carbocycles. The van der Waals surface area contributed by atoms with Gasteiger partial charge in [0.15, 0.2) is 0 Å². The van der Waals surface area contributed by atoms with Crippen molar-refractivity contribution >= 4 is 17.6 Å². The van der Waals surface area contributed by atoms with Crippen molar-refractivity contribution in [2.45, 2.75) is 26.8 Å². The van der Waals surface area contributed by atoms with E-state index >= 15 is 0 Å². The molecule has 26 heavy (non-hydrogen) atoms. The van der Waals surface area contributed by atoms with Gasteiger partial charge in [0.25, 0.3) is 17.5 Å². The van der Waals surface area contributed by atoms with E-state index in [9.17, 15) is 14.9 Å². The first-order chi connectivity index (χ1) is 12.4. The summed E-state index contributed by atoms with van der Waals surface area (Å²) in [5, 5.41) is 25.3. The Hall–Kier alpha value is -3.56. The van der Waals surface area contributed by atoms with Crippen LogP contribution >= 0.6 is 0 Å². The average Bonchev–Trinajstić information content (AvgIpc) is 3.23. The fraction of sp³-hybridized carbons (Fsp3) is 0.250. The molecule has 2 heterocycles. The van der Waals surface area contributed by atoms with Gasteiger partial charge in [0.1, 0.15) is 5.69 Å². The van der Waals surface area contributed by atoms with Gasteiger partial charge in [-0.2, -0.15) is 5.10 Å². The number of nitro benzene ring substituents is 1. The number of aryl methyl sites for hydroxylation is 1. The Kier molecular flexibility index (Phi) is 4.48. The summed E-state index contributed by atoms with van der Waals surface area (Å²) < 4.78 is 7.17. The van der Waals surface area contributed by atoms with Crippen LogP contribution in [0.4, 0.5) is 11.7 Å². The van der Waals surface area contributed by atoms with Crippen molar-refractivity contribution < 1.29 is 14.1 Å². The smallest absolute Gasteiger partial charge is 0.322 e. The lowest BCUT2D eigenvalue weighted by molar-refractivity contribution is -0.385. The summed E-state index contributed by atoms with van der Waals surface area (Å²) in [5.74, 6) is -0.373. The fourth-order valence-electron chi connectivity index (χ4n) is 2.39. The van der Waals surface area contributed by atoms with E-state index in [0.717, 1.165) is 0 Å². The van der Waals surface area contributed by atoms with Gasteiger partial charge < -0.3 is 4.42 Å². The molecule has 0 spiro atoms. The van der Waals surface area contributed by atoms with Crippen LogP contribution in [0.5, 0.6) is 0 Å². The van der Waals surface area contributed by atoms with Gasteiger partial charge in [-0.25, -0.2) is 0 Å². The van der Waals surface area contributed by atoms with Crippen LogP contribution in [0.3, 0.4) is 0 Å². The fourth-order valence-corrected chi connectivity index (χ4v) is 2.39. The maximum absolute atomic E-state index is 12.3. The second-order valence-electron chi connectivity index (χ2n) is 5.88. The van der Waals surface area contributed by atoms with E-state index in [4.69, 9.17) is 4.42 Å². The molecule has 0 saturated carbocycles. The van der Waals surface area contributed by atoms with E-state index in [1.165, 1.54) is 18.2 Å². The first-order valence-corrected chi connectivity index (χ1v) is 7.80. The SMILES string of the molecule is Cc1ccc(C(=O)Nc2nnc(-c3ccnn3C(C)C)o2)cc1[N+](=O)[O-]. The molecule has 0 radical (unpaired) electrons. The van der Waals surface area contributed by atoms with Crippen LogP contribution in [-0.2, 0) is 0 Å². The molecule has 1 N–H and O–H groups in total. The Morgan fingerprint density at radius 1 is 1.31 bits per heavy atom. The highest BCUT2D eigenvalue weighted by Gasteiger charge is 2.19. The van der Waals surface area contributed by atoms with Gasteiger partial charge in [-0.1, -0.05) is 11.2 Å². The van der Waals surface area contributed by atoms with E-state index in [2.05, 4.69) is 20.6 Å². The number of anilines is 1. The van der Waals surface area contributed by atoms with Crippen LogP contribution < -0.4 is 5.32 Å². The van der Waals surface area contributed by atoms with Crippen LogP contribution in [0.25, 0.3) is 11.6 Å². The second kappa shape index (κ2) is 6.75. The molecule has 0 aliphatic carbocycles. The number of hydrogen-bond acceptors (Lipinski definition) is 7. The standard InChI is InChI=1S/C16H16N6O4/c1-9(2)21-12(6-7-17-21)15-19-20-16(26-15)18-14(23)11-5-4-10(3)13(8-11)22(24)25/h4-9H,1-3H3,(H,18,20,23). The molecular weight excluding hydrogens is 340 g/mol. The summed E-state index contributed by atoms with van der Waals surface area (Å²) in [6.07, 6.45) is 1.61. The Morgan fingerprint density at radius 2 is 2.08 bits per heavy atom. The number of rotatable bonds is 5. The quantitative estimate of drug-likeness (QED) is 0.549. The molecule has 0 saturated heterocycles. The highest BCUT2D eigenvalue weighted by Crippen LogP contribution is 2.23. The molecular formula is C16H16N6O4. The predicted molar refractivity (Wildman–Crippen MR) is 91.7 cm³/mol. The molecule has 3 rings (SSSR count). The minimum Gasteiger partial charge on any atom is -0.401 e. The molecule has 2 aromatic heterocycles. The first kappa shape index (κ1) is 17.3. The number of carbonyl (C=O) groups is 1. The molecule has 10 nitrogen and oxygen atoms in total. The average molecular weight is 356 g/mol. The molecule has 10 heteroatoms. The van der Waals surface area contributed by atoms with Crippen molar-refractivity contribution in [3.05, 3.63) is 51.7 Å². The largest absolute Gasteiger partial charge is 0.401 e. The number of nitrogens with zero attached hydrogens (tertiary/aromatic N) is 5. The zero-order valence-corrected chi connectivity index (χ0v) is 14.3. The lowest BCUT2D eigenvalue weighted by Gasteiger charge is -2.07. The van der Waals surface area contributed by atoms with E-state index in [0.29, 0.717) is 11.3 Å². The molecule has 0 aliphatic heterocycles. The molecule has 1 amide bonds. The van der Waals surface area contributed by atoms with Crippen molar-refractivity contribution in [2.75, 3.05) is 5.32 Å². The van der Waals surface area contributed by atoms with Gasteiger partial charge in [-0.3, -0.25) is 24.9 Å². The normalized spacial score (nSPS) is 10.9. The van der Waals surface area contributed by atoms with Gasteiger partial charge in [0, 0.05) is 29.4 Å². The summed E-state index contributed by atoms with van der Waals surface area (Å²) in [7, 11) is 0. The van der Waals surface area contributed by atoms with Gasteiger partial charge in [0.2, 0.25) is 0 Å². The van der Waals surface area contributed by atoms with Crippen LogP contribution in [-0.4, -0.2) is 30.8 Å². The minimum absolute atomic E-state index is 0.0954. The van der Waals surface area contributed by atoms with Crippen molar-refractivity contribution in [1.29, 1.82) is 0 Å². The molecule has 0 aliphatic rings. The molecule has 3 aromatic rings. The van der Waals surface area contributed by atoms with Crippen LogP contribution in [0.2, 0.25) is 0 Å².